The first-order valence-corrected chi connectivity index (χ1v) is 10.6. The fourth-order valence-corrected chi connectivity index (χ4v) is 4.08. The molecule has 0 aromatic heterocycles. The molecule has 0 fully saturated rings. The van der Waals surface area contributed by atoms with Crippen LogP contribution >= 0.6 is 15.9 Å². The van der Waals surface area contributed by atoms with Gasteiger partial charge in [0.25, 0.3) is 11.6 Å². The van der Waals surface area contributed by atoms with Crippen LogP contribution in [0.25, 0.3) is 11.6 Å². The highest BCUT2D eigenvalue weighted by Crippen LogP contribution is 2.38. The lowest BCUT2D eigenvalue weighted by Gasteiger charge is -2.13. The number of carbonyl (C=O) groups is 1. The van der Waals surface area contributed by atoms with Crippen LogP contribution in [0, 0.1) is 10.1 Å². The van der Waals surface area contributed by atoms with E-state index in [9.17, 15) is 14.9 Å². The van der Waals surface area contributed by atoms with E-state index in [0.29, 0.717) is 23.4 Å². The van der Waals surface area contributed by atoms with Gasteiger partial charge in [-0.2, -0.15) is 0 Å². The van der Waals surface area contributed by atoms with Crippen molar-refractivity contribution in [3.8, 4) is 5.75 Å². The van der Waals surface area contributed by atoms with Gasteiger partial charge in [0.15, 0.2) is 0 Å². The van der Waals surface area contributed by atoms with Crippen LogP contribution in [0.5, 0.6) is 5.75 Å². The molecule has 0 bridgehead atoms. The number of hydrogen-bond donors (Lipinski definition) is 0. The van der Waals surface area contributed by atoms with Crippen molar-refractivity contribution >= 4 is 44.9 Å². The first-order valence-electron chi connectivity index (χ1n) is 9.76. The largest absolute Gasteiger partial charge is 0.488 e. The van der Waals surface area contributed by atoms with Gasteiger partial charge in [0.1, 0.15) is 12.4 Å². The second kappa shape index (κ2) is 8.73. The molecular weight excluding hydrogens is 460 g/mol. The van der Waals surface area contributed by atoms with Gasteiger partial charge >= 0.3 is 0 Å². The summed E-state index contributed by atoms with van der Waals surface area (Å²) in [5.74, 6) is 0.604. The van der Waals surface area contributed by atoms with Crippen molar-refractivity contribution in [3.63, 3.8) is 0 Å². The summed E-state index contributed by atoms with van der Waals surface area (Å²) < 4.78 is 6.56. The predicted octanol–water partition coefficient (Wildman–Crippen LogP) is 5.84. The van der Waals surface area contributed by atoms with E-state index in [1.54, 1.807) is 17.0 Å². The summed E-state index contributed by atoms with van der Waals surface area (Å²) in [7, 11) is 0. The van der Waals surface area contributed by atoms with Crippen molar-refractivity contribution in [3.05, 3.63) is 98.0 Å². The van der Waals surface area contributed by atoms with Crippen molar-refractivity contribution in [2.75, 3.05) is 11.4 Å². The minimum Gasteiger partial charge on any atom is -0.488 e. The van der Waals surface area contributed by atoms with Gasteiger partial charge in [-0.3, -0.25) is 14.9 Å². The Morgan fingerprint density at radius 1 is 1.10 bits per heavy atom. The topological polar surface area (TPSA) is 72.7 Å². The summed E-state index contributed by atoms with van der Waals surface area (Å²) in [5.41, 5.74) is 4.12. The number of nitrogens with zero attached hydrogens (tertiary/aromatic N) is 2. The molecule has 1 amide bonds. The van der Waals surface area contributed by atoms with Crippen LogP contribution in [0.2, 0.25) is 0 Å². The number of fused-ring (bicyclic) bond motifs is 1. The molecule has 0 atom stereocenters. The van der Waals surface area contributed by atoms with E-state index in [0.717, 1.165) is 21.3 Å². The zero-order valence-corrected chi connectivity index (χ0v) is 18.3. The number of non-ortho nitro benzene ring substituents is 1. The molecule has 156 valence electrons. The number of halogens is 1. The molecular formula is C24H19BrN2O4. The Balaban J connectivity index is 1.55. The quantitative estimate of drug-likeness (QED) is 0.253. The number of ether oxygens (including phenoxy) is 1. The molecule has 0 radical (unpaired) electrons. The van der Waals surface area contributed by atoms with E-state index >= 15 is 0 Å². The Morgan fingerprint density at radius 2 is 1.90 bits per heavy atom. The second-order valence-corrected chi connectivity index (χ2v) is 7.88. The number of likely N-dealkylation sites (N-methyl/N-ethyl adjacent to an activating group) is 1. The summed E-state index contributed by atoms with van der Waals surface area (Å²) in [6.07, 6.45) is 1.88. The van der Waals surface area contributed by atoms with Crippen LogP contribution in [0.15, 0.2) is 71.2 Å². The van der Waals surface area contributed by atoms with Gasteiger partial charge in [0.05, 0.1) is 15.1 Å². The third-order valence-electron chi connectivity index (χ3n) is 5.06. The Kier molecular flexibility index (Phi) is 5.86. The molecule has 0 N–H and O–H groups in total. The molecule has 4 rings (SSSR count). The number of rotatable bonds is 6. The molecule has 3 aromatic rings. The van der Waals surface area contributed by atoms with Gasteiger partial charge < -0.3 is 9.64 Å². The van der Waals surface area contributed by atoms with Crippen molar-refractivity contribution in [1.82, 2.24) is 0 Å². The maximum Gasteiger partial charge on any atom is 0.269 e. The monoisotopic (exact) mass is 478 g/mol. The maximum absolute atomic E-state index is 12.9. The SMILES string of the molecule is CCN1C(=O)/C(=C\c2ccc(OCc3cccc([N+](=O)[O-])c3)c(Br)c2)c2ccccc21. The molecule has 0 unspecified atom stereocenters. The van der Waals surface area contributed by atoms with E-state index in [1.165, 1.54) is 12.1 Å². The second-order valence-electron chi connectivity index (χ2n) is 7.03. The van der Waals surface area contributed by atoms with Gasteiger partial charge in [-0.25, -0.2) is 0 Å². The number of anilines is 1. The predicted molar refractivity (Wildman–Crippen MR) is 124 cm³/mol. The van der Waals surface area contributed by atoms with E-state index in [2.05, 4.69) is 15.9 Å². The molecule has 3 aromatic carbocycles. The zero-order chi connectivity index (χ0) is 22.0. The number of nitro benzene ring substituents is 1. The third kappa shape index (κ3) is 4.22. The van der Waals surface area contributed by atoms with Crippen LogP contribution in [-0.2, 0) is 11.4 Å². The fraction of sp³-hybridized carbons (Fsp3) is 0.125. The van der Waals surface area contributed by atoms with Crippen LogP contribution in [0.1, 0.15) is 23.6 Å². The maximum atomic E-state index is 12.9. The lowest BCUT2D eigenvalue weighted by atomic mass is 10.0. The smallest absolute Gasteiger partial charge is 0.269 e. The standard InChI is InChI=1S/C24H19BrN2O4/c1-2-26-22-9-4-3-8-19(22)20(24(26)28)13-16-10-11-23(21(25)14-16)31-15-17-6-5-7-18(12-17)27(29)30/h3-14H,2,15H2,1H3/b20-13-. The van der Waals surface area contributed by atoms with Crippen molar-refractivity contribution < 1.29 is 14.5 Å². The Morgan fingerprint density at radius 3 is 2.65 bits per heavy atom. The lowest BCUT2D eigenvalue weighted by molar-refractivity contribution is -0.384. The molecule has 31 heavy (non-hydrogen) atoms. The first kappa shape index (κ1) is 20.8. The number of carbonyl (C=O) groups excluding carboxylic acids is 1. The number of para-hydroxylation sites is 1. The number of hydrogen-bond acceptors (Lipinski definition) is 4. The van der Waals surface area contributed by atoms with Crippen molar-refractivity contribution in [1.29, 1.82) is 0 Å². The molecule has 0 saturated heterocycles. The van der Waals surface area contributed by atoms with Gasteiger partial charge in [0.2, 0.25) is 0 Å². The normalized spacial score (nSPS) is 14.1. The first-order chi connectivity index (χ1) is 15.0. The summed E-state index contributed by atoms with van der Waals surface area (Å²) in [6, 6.07) is 19.7. The van der Waals surface area contributed by atoms with E-state index in [1.807, 2.05) is 55.5 Å². The average Bonchev–Trinajstić information content (AvgIpc) is 3.04. The van der Waals surface area contributed by atoms with Gasteiger partial charge in [-0.1, -0.05) is 36.4 Å². The van der Waals surface area contributed by atoms with Gasteiger partial charge in [-0.15, -0.1) is 0 Å². The highest BCUT2D eigenvalue weighted by Gasteiger charge is 2.30. The minimum atomic E-state index is -0.427. The third-order valence-corrected chi connectivity index (χ3v) is 5.68. The zero-order valence-electron chi connectivity index (χ0n) is 16.7. The molecule has 1 aliphatic rings. The highest BCUT2D eigenvalue weighted by molar-refractivity contribution is 9.10. The molecule has 0 aliphatic carbocycles. The summed E-state index contributed by atoms with van der Waals surface area (Å²) >= 11 is 3.52. The van der Waals surface area contributed by atoms with Crippen LogP contribution in [0.4, 0.5) is 11.4 Å². The average molecular weight is 479 g/mol. The molecule has 0 saturated carbocycles. The Hall–Kier alpha value is -3.45. The molecule has 7 heteroatoms. The van der Waals surface area contributed by atoms with Crippen molar-refractivity contribution in [2.24, 2.45) is 0 Å². The number of amides is 1. The van der Waals surface area contributed by atoms with Crippen LogP contribution in [-0.4, -0.2) is 17.4 Å². The van der Waals surface area contributed by atoms with Crippen LogP contribution in [0.3, 0.4) is 0 Å². The molecule has 6 nitrogen and oxygen atoms in total. The molecule has 0 spiro atoms. The Bertz CT molecular complexity index is 1210. The summed E-state index contributed by atoms with van der Waals surface area (Å²) in [5, 5.41) is 10.9. The van der Waals surface area contributed by atoms with Crippen LogP contribution < -0.4 is 9.64 Å². The van der Waals surface area contributed by atoms with E-state index < -0.39 is 4.92 Å². The highest BCUT2D eigenvalue weighted by atomic mass is 79.9. The van der Waals surface area contributed by atoms with E-state index in [-0.39, 0.29) is 18.2 Å². The van der Waals surface area contributed by atoms with Gasteiger partial charge in [-0.05, 0) is 58.3 Å². The minimum absolute atomic E-state index is 0.00850. The molecule has 1 heterocycles. The number of nitro groups is 1. The Labute approximate surface area is 188 Å². The fourth-order valence-electron chi connectivity index (χ4n) is 3.57. The molecule has 1 aliphatic heterocycles. The number of benzene rings is 3. The van der Waals surface area contributed by atoms with Crippen molar-refractivity contribution in [2.45, 2.75) is 13.5 Å². The summed E-state index contributed by atoms with van der Waals surface area (Å²) in [6.45, 7) is 2.78. The van der Waals surface area contributed by atoms with Gasteiger partial charge in [0, 0.05) is 29.8 Å². The lowest BCUT2D eigenvalue weighted by Crippen LogP contribution is -2.25. The summed E-state index contributed by atoms with van der Waals surface area (Å²) in [4.78, 5) is 25.1. The van der Waals surface area contributed by atoms with E-state index in [4.69, 9.17) is 4.74 Å².